The van der Waals surface area contributed by atoms with Crippen molar-refractivity contribution in [2.45, 2.75) is 39.3 Å². The quantitative estimate of drug-likeness (QED) is 0.768. The lowest BCUT2D eigenvalue weighted by molar-refractivity contribution is -0.138. The largest absolute Gasteiger partial charge is 0.466 e. The minimum atomic E-state index is -0.433. The molecule has 3 rings (SSSR count). The number of esters is 2. The molecule has 8 nitrogen and oxygen atoms in total. The van der Waals surface area contributed by atoms with E-state index in [-0.39, 0.29) is 36.2 Å². The molecule has 0 saturated carbocycles. The highest BCUT2D eigenvalue weighted by Gasteiger charge is 2.43. The molecule has 8 heteroatoms. The molecule has 2 aliphatic rings. The molecular weight excluding hydrogens is 374 g/mol. The van der Waals surface area contributed by atoms with Crippen LogP contribution in [-0.2, 0) is 19.1 Å². The van der Waals surface area contributed by atoms with Crippen LogP contribution in [0.3, 0.4) is 0 Å². The lowest BCUT2D eigenvalue weighted by Gasteiger charge is -2.45. The first-order valence-corrected chi connectivity index (χ1v) is 9.66. The van der Waals surface area contributed by atoms with Gasteiger partial charge in [0.1, 0.15) is 0 Å². The minimum Gasteiger partial charge on any atom is -0.466 e. The maximum Gasteiger partial charge on any atom is 0.339 e. The fourth-order valence-electron chi connectivity index (χ4n) is 4.36. The van der Waals surface area contributed by atoms with Crippen molar-refractivity contribution in [1.29, 1.82) is 0 Å². The molecule has 29 heavy (non-hydrogen) atoms. The predicted molar refractivity (Wildman–Crippen MR) is 105 cm³/mol. The number of methoxy groups -OCH3 is 2. The summed E-state index contributed by atoms with van der Waals surface area (Å²) in [5.74, 6) is -1.00. The van der Waals surface area contributed by atoms with Crippen molar-refractivity contribution >= 4 is 17.8 Å². The number of hydrogen-bond acceptors (Lipinski definition) is 7. The van der Waals surface area contributed by atoms with Crippen LogP contribution >= 0.6 is 0 Å². The highest BCUT2D eigenvalue weighted by molar-refractivity contribution is 5.91. The number of carbonyl (C=O) groups is 3. The molecule has 0 bridgehead atoms. The molecule has 1 saturated heterocycles. The van der Waals surface area contributed by atoms with Crippen LogP contribution < -0.4 is 5.32 Å². The fraction of sp³-hybridized carbons (Fsp3) is 0.524. The maximum atomic E-state index is 12.5. The number of pyridine rings is 1. The van der Waals surface area contributed by atoms with Gasteiger partial charge < -0.3 is 19.7 Å². The van der Waals surface area contributed by atoms with E-state index < -0.39 is 11.9 Å². The molecule has 1 amide bonds. The Balaban J connectivity index is 2.00. The van der Waals surface area contributed by atoms with E-state index in [1.54, 1.807) is 12.4 Å². The standard InChI is InChI=1S/C21H27N3O5/c1-11-15(7-22-8-16(11)20(26)28-4)13(3)24-9-17-12(2)23-19(25)6-14(17)18(10-24)21(27)29-5/h7-8,10,12-14,17H,6,9H2,1-5H3,(H,23,25)/t12-,13-,14+,17-/m0/s1. The van der Waals surface area contributed by atoms with Gasteiger partial charge in [-0.25, -0.2) is 9.59 Å². The van der Waals surface area contributed by atoms with Crippen molar-refractivity contribution < 1.29 is 23.9 Å². The summed E-state index contributed by atoms with van der Waals surface area (Å²) in [6.07, 6.45) is 5.30. The predicted octanol–water partition coefficient (Wildman–Crippen LogP) is 1.75. The Morgan fingerprint density at radius 1 is 1.24 bits per heavy atom. The van der Waals surface area contributed by atoms with Crippen LogP contribution in [0.4, 0.5) is 0 Å². The van der Waals surface area contributed by atoms with E-state index in [1.165, 1.54) is 20.4 Å². The van der Waals surface area contributed by atoms with Gasteiger partial charge in [0.15, 0.2) is 0 Å². The molecule has 0 aliphatic carbocycles. The average Bonchev–Trinajstić information content (AvgIpc) is 2.71. The first kappa shape index (κ1) is 20.8. The van der Waals surface area contributed by atoms with Crippen LogP contribution in [0.2, 0.25) is 0 Å². The van der Waals surface area contributed by atoms with Gasteiger partial charge in [-0.1, -0.05) is 0 Å². The minimum absolute atomic E-state index is 0.0547. The molecule has 0 unspecified atom stereocenters. The Morgan fingerprint density at radius 2 is 1.93 bits per heavy atom. The lowest BCUT2D eigenvalue weighted by atomic mass is 9.74. The molecule has 0 spiro atoms. The van der Waals surface area contributed by atoms with E-state index in [9.17, 15) is 14.4 Å². The SMILES string of the molecule is COC(=O)C1=CN([C@@H](C)c2cncc(C(=O)OC)c2C)C[C@H]2[C@H](C)NC(=O)C[C@@H]12. The molecule has 2 aliphatic heterocycles. The third kappa shape index (κ3) is 3.83. The zero-order chi connectivity index (χ0) is 21.3. The number of aromatic nitrogens is 1. The topological polar surface area (TPSA) is 97.8 Å². The summed E-state index contributed by atoms with van der Waals surface area (Å²) in [5.41, 5.74) is 2.59. The summed E-state index contributed by atoms with van der Waals surface area (Å²) in [4.78, 5) is 42.8. The van der Waals surface area contributed by atoms with Gasteiger partial charge >= 0.3 is 11.9 Å². The number of rotatable bonds is 4. The van der Waals surface area contributed by atoms with E-state index in [0.717, 1.165) is 11.1 Å². The molecule has 1 aromatic heterocycles. The van der Waals surface area contributed by atoms with Gasteiger partial charge in [-0.2, -0.15) is 0 Å². The van der Waals surface area contributed by atoms with E-state index in [4.69, 9.17) is 9.47 Å². The lowest BCUT2D eigenvalue weighted by Crippen LogP contribution is -2.54. The van der Waals surface area contributed by atoms with Crippen molar-refractivity contribution in [2.24, 2.45) is 11.8 Å². The Morgan fingerprint density at radius 3 is 2.59 bits per heavy atom. The number of ether oxygens (including phenoxy) is 2. The molecule has 1 aromatic rings. The summed E-state index contributed by atoms with van der Waals surface area (Å²) in [6.45, 7) is 6.49. The highest BCUT2D eigenvalue weighted by Crippen LogP contribution is 2.39. The Labute approximate surface area is 170 Å². The number of fused-ring (bicyclic) bond motifs is 1. The van der Waals surface area contributed by atoms with Crippen LogP contribution in [0.25, 0.3) is 0 Å². The van der Waals surface area contributed by atoms with E-state index in [0.29, 0.717) is 17.7 Å². The first-order chi connectivity index (χ1) is 13.8. The molecule has 0 aromatic carbocycles. The van der Waals surface area contributed by atoms with Gasteiger partial charge in [0.25, 0.3) is 0 Å². The monoisotopic (exact) mass is 401 g/mol. The first-order valence-electron chi connectivity index (χ1n) is 9.66. The molecule has 4 atom stereocenters. The second-order valence-corrected chi connectivity index (χ2v) is 7.67. The second-order valence-electron chi connectivity index (χ2n) is 7.67. The summed E-state index contributed by atoms with van der Waals surface area (Å²) in [7, 11) is 2.69. The Kier molecular flexibility index (Phi) is 5.91. The number of nitrogens with zero attached hydrogens (tertiary/aromatic N) is 2. The zero-order valence-electron chi connectivity index (χ0n) is 17.4. The van der Waals surface area contributed by atoms with Crippen molar-refractivity contribution in [2.75, 3.05) is 20.8 Å². The van der Waals surface area contributed by atoms with E-state index in [1.807, 2.05) is 20.8 Å². The van der Waals surface area contributed by atoms with Crippen LogP contribution in [0, 0.1) is 18.8 Å². The molecule has 3 heterocycles. The molecule has 1 N–H and O–H groups in total. The van der Waals surface area contributed by atoms with E-state index in [2.05, 4.69) is 15.2 Å². The van der Waals surface area contributed by atoms with Gasteiger partial charge in [-0.15, -0.1) is 0 Å². The summed E-state index contributed by atoms with van der Waals surface area (Å²) >= 11 is 0. The summed E-state index contributed by atoms with van der Waals surface area (Å²) < 4.78 is 9.84. The van der Waals surface area contributed by atoms with Crippen molar-refractivity contribution in [3.05, 3.63) is 40.9 Å². The number of amides is 1. The zero-order valence-corrected chi connectivity index (χ0v) is 17.4. The van der Waals surface area contributed by atoms with Crippen molar-refractivity contribution in [3.8, 4) is 0 Å². The maximum absolute atomic E-state index is 12.5. The van der Waals surface area contributed by atoms with Crippen LogP contribution in [-0.4, -0.2) is 54.5 Å². The van der Waals surface area contributed by atoms with Crippen LogP contribution in [0.15, 0.2) is 24.2 Å². The van der Waals surface area contributed by atoms with Crippen LogP contribution in [0.5, 0.6) is 0 Å². The number of hydrogen-bond donors (Lipinski definition) is 1. The second kappa shape index (κ2) is 8.23. The summed E-state index contributed by atoms with van der Waals surface area (Å²) in [5, 5.41) is 2.98. The molecule has 1 fully saturated rings. The van der Waals surface area contributed by atoms with Gasteiger partial charge in [-0.3, -0.25) is 9.78 Å². The van der Waals surface area contributed by atoms with Gasteiger partial charge in [0.05, 0.1) is 31.4 Å². The number of nitrogens with one attached hydrogen (secondary N) is 1. The van der Waals surface area contributed by atoms with Crippen molar-refractivity contribution in [3.63, 3.8) is 0 Å². The third-order valence-corrected chi connectivity index (χ3v) is 6.11. The molecule has 156 valence electrons. The number of carbonyl (C=O) groups excluding carboxylic acids is 3. The smallest absolute Gasteiger partial charge is 0.339 e. The van der Waals surface area contributed by atoms with Gasteiger partial charge in [0, 0.05) is 49.4 Å². The fourth-order valence-corrected chi connectivity index (χ4v) is 4.36. The Bertz CT molecular complexity index is 866. The average molecular weight is 401 g/mol. The molecular formula is C21H27N3O5. The normalized spacial score (nSPS) is 24.7. The van der Waals surface area contributed by atoms with Crippen molar-refractivity contribution in [1.82, 2.24) is 15.2 Å². The summed E-state index contributed by atoms with van der Waals surface area (Å²) in [6, 6.07) is -0.206. The number of piperidine rings is 1. The van der Waals surface area contributed by atoms with E-state index >= 15 is 0 Å². The Hall–Kier alpha value is -2.90. The molecule has 0 radical (unpaired) electrons. The van der Waals surface area contributed by atoms with Gasteiger partial charge in [-0.05, 0) is 31.9 Å². The van der Waals surface area contributed by atoms with Gasteiger partial charge in [0.2, 0.25) is 5.91 Å². The highest BCUT2D eigenvalue weighted by atomic mass is 16.5. The third-order valence-electron chi connectivity index (χ3n) is 6.11. The van der Waals surface area contributed by atoms with Crippen LogP contribution in [0.1, 0.15) is 47.8 Å².